The molecule has 2 nitrogen and oxygen atoms in total. The highest BCUT2D eigenvalue weighted by Gasteiger charge is 2.07. The SMILES string of the molecule is C[C@@H](NCc1sccc1N)c1cccc(Cl)c1. The smallest absolute Gasteiger partial charge is 0.0468 e. The molecule has 2 rings (SSSR count). The second kappa shape index (κ2) is 5.54. The van der Waals surface area contributed by atoms with E-state index in [2.05, 4.69) is 18.3 Å². The number of nitrogens with one attached hydrogen (secondary N) is 1. The Morgan fingerprint density at radius 3 is 2.88 bits per heavy atom. The van der Waals surface area contributed by atoms with Crippen molar-refractivity contribution in [2.24, 2.45) is 0 Å². The fraction of sp³-hybridized carbons (Fsp3) is 0.231. The largest absolute Gasteiger partial charge is 0.398 e. The predicted octanol–water partition coefficient (Wildman–Crippen LogP) is 3.83. The quantitative estimate of drug-likeness (QED) is 0.883. The van der Waals surface area contributed by atoms with Crippen molar-refractivity contribution in [1.29, 1.82) is 0 Å². The highest BCUT2D eigenvalue weighted by Crippen LogP contribution is 2.21. The zero-order chi connectivity index (χ0) is 12.3. The van der Waals surface area contributed by atoms with Crippen molar-refractivity contribution in [3.05, 3.63) is 51.2 Å². The average Bonchev–Trinajstić information content (AvgIpc) is 2.72. The molecule has 4 heteroatoms. The summed E-state index contributed by atoms with van der Waals surface area (Å²) in [6.45, 7) is 2.91. The van der Waals surface area contributed by atoms with Crippen LogP contribution in [0.1, 0.15) is 23.4 Å². The van der Waals surface area contributed by atoms with Gasteiger partial charge in [0.25, 0.3) is 0 Å². The minimum atomic E-state index is 0.259. The van der Waals surface area contributed by atoms with Crippen LogP contribution in [0.15, 0.2) is 35.7 Å². The zero-order valence-electron chi connectivity index (χ0n) is 9.61. The van der Waals surface area contributed by atoms with Gasteiger partial charge in [0, 0.05) is 28.2 Å². The first-order valence-corrected chi connectivity index (χ1v) is 6.73. The topological polar surface area (TPSA) is 38.0 Å². The first kappa shape index (κ1) is 12.4. The molecule has 0 radical (unpaired) electrons. The Kier molecular flexibility index (Phi) is 4.05. The van der Waals surface area contributed by atoms with E-state index in [0.29, 0.717) is 0 Å². The molecule has 1 atom stereocenters. The van der Waals surface area contributed by atoms with Crippen LogP contribution in [-0.2, 0) is 6.54 Å². The maximum atomic E-state index is 5.97. The van der Waals surface area contributed by atoms with Gasteiger partial charge in [-0.05, 0) is 36.1 Å². The second-order valence-electron chi connectivity index (χ2n) is 3.96. The highest BCUT2D eigenvalue weighted by atomic mass is 35.5. The summed E-state index contributed by atoms with van der Waals surface area (Å²) < 4.78 is 0. The van der Waals surface area contributed by atoms with Gasteiger partial charge in [0.15, 0.2) is 0 Å². The van der Waals surface area contributed by atoms with Crippen LogP contribution < -0.4 is 11.1 Å². The third-order valence-electron chi connectivity index (χ3n) is 2.70. The zero-order valence-corrected chi connectivity index (χ0v) is 11.2. The number of hydrogen-bond acceptors (Lipinski definition) is 3. The summed E-state index contributed by atoms with van der Waals surface area (Å²) in [6, 6.07) is 10.1. The summed E-state index contributed by atoms with van der Waals surface area (Å²) in [7, 11) is 0. The molecular formula is C13H15ClN2S. The van der Waals surface area contributed by atoms with Crippen LogP contribution in [0.25, 0.3) is 0 Å². The lowest BCUT2D eigenvalue weighted by molar-refractivity contribution is 0.579. The Hall–Kier alpha value is -1.03. The molecule has 0 unspecified atom stereocenters. The molecule has 0 spiro atoms. The molecule has 0 aliphatic rings. The normalized spacial score (nSPS) is 12.6. The third-order valence-corrected chi connectivity index (χ3v) is 3.87. The minimum Gasteiger partial charge on any atom is -0.398 e. The molecule has 1 aromatic heterocycles. The highest BCUT2D eigenvalue weighted by molar-refractivity contribution is 7.10. The predicted molar refractivity (Wildman–Crippen MR) is 75.4 cm³/mol. The van der Waals surface area contributed by atoms with E-state index in [-0.39, 0.29) is 6.04 Å². The van der Waals surface area contributed by atoms with Gasteiger partial charge < -0.3 is 11.1 Å². The summed E-state index contributed by atoms with van der Waals surface area (Å²) in [5, 5.41) is 6.22. The molecule has 1 heterocycles. The van der Waals surface area contributed by atoms with Crippen molar-refractivity contribution < 1.29 is 0 Å². The standard InChI is InChI=1S/C13H15ClN2S/c1-9(10-3-2-4-11(14)7-10)16-8-13-12(15)5-6-17-13/h2-7,9,16H,8,15H2,1H3/t9-/m1/s1. The van der Waals surface area contributed by atoms with Gasteiger partial charge in [-0.15, -0.1) is 11.3 Å². The molecule has 17 heavy (non-hydrogen) atoms. The first-order valence-electron chi connectivity index (χ1n) is 5.47. The monoisotopic (exact) mass is 266 g/mol. The Labute approximate surface area is 110 Å². The summed E-state index contributed by atoms with van der Waals surface area (Å²) in [5.41, 5.74) is 7.89. The van der Waals surface area contributed by atoms with E-state index in [9.17, 15) is 0 Å². The van der Waals surface area contributed by atoms with E-state index < -0.39 is 0 Å². The van der Waals surface area contributed by atoms with Gasteiger partial charge in [0.1, 0.15) is 0 Å². The van der Waals surface area contributed by atoms with Crippen LogP contribution in [0.2, 0.25) is 5.02 Å². The number of nitrogens with two attached hydrogens (primary N) is 1. The summed E-state index contributed by atoms with van der Waals surface area (Å²) in [5.74, 6) is 0. The molecule has 0 aliphatic heterocycles. The molecule has 0 aliphatic carbocycles. The number of hydrogen-bond donors (Lipinski definition) is 2. The molecule has 0 amide bonds. The van der Waals surface area contributed by atoms with Crippen LogP contribution in [-0.4, -0.2) is 0 Å². The summed E-state index contributed by atoms with van der Waals surface area (Å²) >= 11 is 7.64. The Bertz CT molecular complexity index is 496. The van der Waals surface area contributed by atoms with Crippen molar-refractivity contribution in [2.75, 3.05) is 5.73 Å². The Balaban J connectivity index is 1.98. The van der Waals surface area contributed by atoms with E-state index in [0.717, 1.165) is 17.3 Å². The molecule has 2 aromatic rings. The van der Waals surface area contributed by atoms with Crippen molar-refractivity contribution >= 4 is 28.6 Å². The van der Waals surface area contributed by atoms with Crippen LogP contribution in [0.4, 0.5) is 5.69 Å². The van der Waals surface area contributed by atoms with Gasteiger partial charge in [-0.1, -0.05) is 23.7 Å². The van der Waals surface area contributed by atoms with Gasteiger partial charge in [0.05, 0.1) is 0 Å². The number of benzene rings is 1. The Morgan fingerprint density at radius 1 is 1.41 bits per heavy atom. The van der Waals surface area contributed by atoms with Gasteiger partial charge in [0.2, 0.25) is 0 Å². The fourth-order valence-electron chi connectivity index (χ4n) is 1.63. The third kappa shape index (κ3) is 3.22. The molecular weight excluding hydrogens is 252 g/mol. The van der Waals surface area contributed by atoms with Crippen molar-refractivity contribution in [1.82, 2.24) is 5.32 Å². The average molecular weight is 267 g/mol. The molecule has 0 saturated carbocycles. The van der Waals surface area contributed by atoms with E-state index in [1.807, 2.05) is 29.6 Å². The minimum absolute atomic E-state index is 0.259. The van der Waals surface area contributed by atoms with Crippen LogP contribution in [0.5, 0.6) is 0 Å². The lowest BCUT2D eigenvalue weighted by Gasteiger charge is -2.14. The summed E-state index contributed by atoms with van der Waals surface area (Å²) in [4.78, 5) is 1.18. The van der Waals surface area contributed by atoms with Gasteiger partial charge in [-0.25, -0.2) is 0 Å². The molecule has 0 fully saturated rings. The molecule has 0 bridgehead atoms. The fourth-order valence-corrected chi connectivity index (χ4v) is 2.58. The second-order valence-corrected chi connectivity index (χ2v) is 5.39. The van der Waals surface area contributed by atoms with Crippen molar-refractivity contribution in [2.45, 2.75) is 19.5 Å². The number of halogens is 1. The van der Waals surface area contributed by atoms with E-state index in [1.54, 1.807) is 11.3 Å². The van der Waals surface area contributed by atoms with E-state index >= 15 is 0 Å². The number of nitrogen functional groups attached to an aromatic ring is 1. The van der Waals surface area contributed by atoms with Crippen LogP contribution in [0.3, 0.4) is 0 Å². The number of thiophene rings is 1. The first-order chi connectivity index (χ1) is 8.16. The molecule has 1 aromatic carbocycles. The summed E-state index contributed by atoms with van der Waals surface area (Å²) in [6.07, 6.45) is 0. The molecule has 3 N–H and O–H groups in total. The maximum Gasteiger partial charge on any atom is 0.0468 e. The van der Waals surface area contributed by atoms with Gasteiger partial charge in [-0.2, -0.15) is 0 Å². The number of rotatable bonds is 4. The van der Waals surface area contributed by atoms with E-state index in [1.165, 1.54) is 10.4 Å². The van der Waals surface area contributed by atoms with Crippen LogP contribution in [0, 0.1) is 0 Å². The van der Waals surface area contributed by atoms with Crippen molar-refractivity contribution in [3.8, 4) is 0 Å². The lowest BCUT2D eigenvalue weighted by atomic mass is 10.1. The van der Waals surface area contributed by atoms with Crippen LogP contribution >= 0.6 is 22.9 Å². The van der Waals surface area contributed by atoms with Crippen molar-refractivity contribution in [3.63, 3.8) is 0 Å². The van der Waals surface area contributed by atoms with E-state index in [4.69, 9.17) is 17.3 Å². The lowest BCUT2D eigenvalue weighted by Crippen LogP contribution is -2.17. The Morgan fingerprint density at radius 2 is 2.24 bits per heavy atom. The molecule has 90 valence electrons. The van der Waals surface area contributed by atoms with Gasteiger partial charge in [-0.3, -0.25) is 0 Å². The maximum absolute atomic E-state index is 5.97. The van der Waals surface area contributed by atoms with Gasteiger partial charge >= 0.3 is 0 Å². The molecule has 0 saturated heterocycles. The number of anilines is 1.